The first kappa shape index (κ1) is 17.0. The van der Waals surface area contributed by atoms with E-state index < -0.39 is 0 Å². The van der Waals surface area contributed by atoms with E-state index in [0.717, 1.165) is 19.5 Å². The third kappa shape index (κ3) is 2.71. The molecule has 0 aliphatic carbocycles. The quantitative estimate of drug-likeness (QED) is 0.381. The second kappa shape index (κ2) is 6.55. The molecule has 5 aromatic rings. The Labute approximate surface area is 173 Å². The van der Waals surface area contributed by atoms with Crippen molar-refractivity contribution in [1.29, 1.82) is 0 Å². The minimum absolute atomic E-state index is 0.952. The fourth-order valence-corrected chi connectivity index (χ4v) is 5.48. The zero-order valence-electron chi connectivity index (χ0n) is 16.3. The standard InChI is InChI=1S/C25H21N3S/c1-15-10-20(24-21(11-15)22-14-27-8-5-23(22)28-24)19-6-9-29-25(19)17-2-3-18-13-26-7-4-16(18)12-17/h2-4,6-7,9-13,27-28H,5,8,14H2,1H3. The maximum atomic E-state index is 4.24. The van der Waals surface area contributed by atoms with Gasteiger partial charge in [0.2, 0.25) is 0 Å². The number of H-pyrrole nitrogens is 1. The summed E-state index contributed by atoms with van der Waals surface area (Å²) in [4.78, 5) is 9.32. The molecule has 3 nitrogen and oxygen atoms in total. The number of hydrogen-bond donors (Lipinski definition) is 2. The van der Waals surface area contributed by atoms with E-state index in [0.29, 0.717) is 0 Å². The van der Waals surface area contributed by atoms with Crippen molar-refractivity contribution >= 4 is 33.0 Å². The second-order valence-corrected chi connectivity index (χ2v) is 8.76. The van der Waals surface area contributed by atoms with E-state index in [2.05, 4.69) is 70.1 Å². The molecule has 6 rings (SSSR count). The van der Waals surface area contributed by atoms with Crippen LogP contribution in [0.1, 0.15) is 16.8 Å². The Morgan fingerprint density at radius 1 is 1.00 bits per heavy atom. The Balaban J connectivity index is 1.58. The van der Waals surface area contributed by atoms with Gasteiger partial charge in [-0.3, -0.25) is 4.98 Å². The Hall–Kier alpha value is -2.95. The molecule has 0 atom stereocenters. The van der Waals surface area contributed by atoms with Crippen molar-refractivity contribution in [3.63, 3.8) is 0 Å². The lowest BCUT2D eigenvalue weighted by atomic mass is 9.96. The summed E-state index contributed by atoms with van der Waals surface area (Å²) < 4.78 is 0. The summed E-state index contributed by atoms with van der Waals surface area (Å²) in [5.74, 6) is 0. The molecule has 1 aliphatic rings. The van der Waals surface area contributed by atoms with E-state index in [1.54, 1.807) is 0 Å². The first-order valence-corrected chi connectivity index (χ1v) is 10.9. The Morgan fingerprint density at radius 2 is 1.97 bits per heavy atom. The van der Waals surface area contributed by atoms with Crippen LogP contribution >= 0.6 is 11.3 Å². The highest BCUT2D eigenvalue weighted by molar-refractivity contribution is 7.14. The van der Waals surface area contributed by atoms with Gasteiger partial charge in [0.1, 0.15) is 0 Å². The minimum Gasteiger partial charge on any atom is -0.358 e. The van der Waals surface area contributed by atoms with Gasteiger partial charge in [0, 0.05) is 64.4 Å². The summed E-state index contributed by atoms with van der Waals surface area (Å²) in [7, 11) is 0. The SMILES string of the molecule is Cc1cc(-c2ccsc2-c2ccc3cnccc3c2)c2[nH]c3c(c2c1)CNCC3. The first-order chi connectivity index (χ1) is 14.3. The molecule has 2 aromatic carbocycles. The molecule has 4 heteroatoms. The lowest BCUT2D eigenvalue weighted by Gasteiger charge is -2.12. The fraction of sp³-hybridized carbons (Fsp3) is 0.160. The second-order valence-electron chi connectivity index (χ2n) is 7.84. The van der Waals surface area contributed by atoms with Gasteiger partial charge in [-0.2, -0.15) is 0 Å². The Bertz CT molecular complexity index is 1380. The van der Waals surface area contributed by atoms with Crippen LogP contribution < -0.4 is 5.32 Å². The van der Waals surface area contributed by atoms with Gasteiger partial charge < -0.3 is 10.3 Å². The Morgan fingerprint density at radius 3 is 2.93 bits per heavy atom. The molecule has 0 fully saturated rings. The van der Waals surface area contributed by atoms with Gasteiger partial charge in [0.25, 0.3) is 0 Å². The molecule has 3 aromatic heterocycles. The van der Waals surface area contributed by atoms with Crippen molar-refractivity contribution in [2.24, 2.45) is 0 Å². The van der Waals surface area contributed by atoms with Crippen LogP contribution in [0.15, 0.2) is 60.2 Å². The van der Waals surface area contributed by atoms with Crippen LogP contribution in [0.2, 0.25) is 0 Å². The van der Waals surface area contributed by atoms with Crippen molar-refractivity contribution in [2.45, 2.75) is 19.9 Å². The van der Waals surface area contributed by atoms with Crippen molar-refractivity contribution in [2.75, 3.05) is 6.54 Å². The average Bonchev–Trinajstić information content (AvgIpc) is 3.38. The van der Waals surface area contributed by atoms with E-state index in [-0.39, 0.29) is 0 Å². The number of fused-ring (bicyclic) bond motifs is 4. The van der Waals surface area contributed by atoms with Gasteiger partial charge >= 0.3 is 0 Å². The summed E-state index contributed by atoms with van der Waals surface area (Å²) in [6, 6.07) is 15.7. The van der Waals surface area contributed by atoms with Crippen LogP contribution in [-0.4, -0.2) is 16.5 Å². The zero-order chi connectivity index (χ0) is 19.4. The van der Waals surface area contributed by atoms with Crippen molar-refractivity contribution < 1.29 is 0 Å². The van der Waals surface area contributed by atoms with Crippen LogP contribution in [0, 0.1) is 6.92 Å². The van der Waals surface area contributed by atoms with Crippen LogP contribution in [0.5, 0.6) is 0 Å². The number of benzene rings is 2. The monoisotopic (exact) mass is 395 g/mol. The predicted octanol–water partition coefficient (Wildman–Crippen LogP) is 6.07. The number of rotatable bonds is 2. The number of nitrogens with one attached hydrogen (secondary N) is 2. The van der Waals surface area contributed by atoms with Gasteiger partial charge in [0.15, 0.2) is 0 Å². The van der Waals surface area contributed by atoms with E-state index in [1.165, 1.54) is 60.1 Å². The summed E-state index contributed by atoms with van der Waals surface area (Å²) in [5, 5.41) is 9.50. The van der Waals surface area contributed by atoms with E-state index in [9.17, 15) is 0 Å². The van der Waals surface area contributed by atoms with Crippen LogP contribution in [-0.2, 0) is 13.0 Å². The molecule has 29 heavy (non-hydrogen) atoms. The van der Waals surface area contributed by atoms with Crippen molar-refractivity contribution in [1.82, 2.24) is 15.3 Å². The third-order valence-corrected chi connectivity index (χ3v) is 6.92. The molecule has 2 N–H and O–H groups in total. The Kier molecular flexibility index (Phi) is 3.83. The summed E-state index contributed by atoms with van der Waals surface area (Å²) in [6.45, 7) is 4.20. The van der Waals surface area contributed by atoms with Crippen LogP contribution in [0.25, 0.3) is 43.2 Å². The molecule has 0 spiro atoms. The van der Waals surface area contributed by atoms with E-state index >= 15 is 0 Å². The number of pyridine rings is 1. The maximum Gasteiger partial charge on any atom is 0.0539 e. The minimum atomic E-state index is 0.952. The highest BCUT2D eigenvalue weighted by atomic mass is 32.1. The first-order valence-electron chi connectivity index (χ1n) is 10.0. The van der Waals surface area contributed by atoms with Gasteiger partial charge in [0.05, 0.1) is 5.52 Å². The van der Waals surface area contributed by atoms with Gasteiger partial charge in [-0.15, -0.1) is 11.3 Å². The number of nitrogens with zero attached hydrogens (tertiary/aromatic N) is 1. The number of thiophene rings is 1. The zero-order valence-corrected chi connectivity index (χ0v) is 17.1. The molecular formula is C25H21N3S. The molecule has 142 valence electrons. The van der Waals surface area contributed by atoms with Gasteiger partial charge in [-0.1, -0.05) is 12.1 Å². The molecule has 0 bridgehead atoms. The maximum absolute atomic E-state index is 4.24. The largest absolute Gasteiger partial charge is 0.358 e. The molecule has 0 radical (unpaired) electrons. The average molecular weight is 396 g/mol. The molecule has 0 saturated heterocycles. The number of hydrogen-bond acceptors (Lipinski definition) is 3. The summed E-state index contributed by atoms with van der Waals surface area (Å²) >= 11 is 1.81. The molecule has 1 aliphatic heterocycles. The number of aromatic nitrogens is 2. The van der Waals surface area contributed by atoms with Crippen LogP contribution in [0.3, 0.4) is 0 Å². The molecule has 4 heterocycles. The third-order valence-electron chi connectivity index (χ3n) is 5.96. The van der Waals surface area contributed by atoms with Gasteiger partial charge in [-0.05, 0) is 64.7 Å². The highest BCUT2D eigenvalue weighted by Gasteiger charge is 2.20. The predicted molar refractivity (Wildman–Crippen MR) is 122 cm³/mol. The highest BCUT2D eigenvalue weighted by Crippen LogP contribution is 2.42. The normalized spacial score (nSPS) is 13.8. The smallest absolute Gasteiger partial charge is 0.0539 e. The fourth-order valence-electron chi connectivity index (χ4n) is 4.57. The molecular weight excluding hydrogens is 374 g/mol. The van der Waals surface area contributed by atoms with Crippen molar-refractivity contribution in [3.8, 4) is 21.6 Å². The lowest BCUT2D eigenvalue weighted by molar-refractivity contribution is 0.641. The number of aryl methyl sites for hydroxylation is 1. The summed E-state index contributed by atoms with van der Waals surface area (Å²) in [6.07, 6.45) is 4.86. The molecule has 0 saturated carbocycles. The van der Waals surface area contributed by atoms with Crippen LogP contribution in [0.4, 0.5) is 0 Å². The van der Waals surface area contributed by atoms with E-state index in [4.69, 9.17) is 0 Å². The molecule has 0 unspecified atom stereocenters. The topological polar surface area (TPSA) is 40.7 Å². The number of aromatic amines is 1. The molecule has 0 amide bonds. The van der Waals surface area contributed by atoms with Gasteiger partial charge in [-0.25, -0.2) is 0 Å². The lowest BCUT2D eigenvalue weighted by Crippen LogP contribution is -2.22. The van der Waals surface area contributed by atoms with Crippen molar-refractivity contribution in [3.05, 3.63) is 77.1 Å². The van der Waals surface area contributed by atoms with E-state index in [1.807, 2.05) is 23.7 Å². The summed E-state index contributed by atoms with van der Waals surface area (Å²) in [5.41, 5.74) is 9.28.